The lowest BCUT2D eigenvalue weighted by Gasteiger charge is -2.27. The number of carbonyl (C=O) groups is 1. The Hall–Kier alpha value is -3.29. The summed E-state index contributed by atoms with van der Waals surface area (Å²) in [7, 11) is -1.93. The van der Waals surface area contributed by atoms with Crippen LogP contribution in [0.15, 0.2) is 116 Å². The van der Waals surface area contributed by atoms with E-state index in [0.29, 0.717) is 12.1 Å². The molecule has 4 heteroatoms. The van der Waals surface area contributed by atoms with Crippen molar-refractivity contribution in [3.63, 3.8) is 0 Å². The van der Waals surface area contributed by atoms with Crippen LogP contribution in [0.3, 0.4) is 0 Å². The van der Waals surface area contributed by atoms with E-state index >= 15 is 0 Å². The molecule has 4 rings (SSSR count). The van der Waals surface area contributed by atoms with E-state index in [4.69, 9.17) is 0 Å². The molecule has 0 atom stereocenters. The molecule has 0 bridgehead atoms. The minimum atomic E-state index is -1.93. The molecule has 0 radical (unpaired) electrons. The van der Waals surface area contributed by atoms with Crippen LogP contribution in [-0.2, 0) is 0 Å². The van der Waals surface area contributed by atoms with E-state index in [9.17, 15) is 4.79 Å². The largest absolute Gasteiger partial charge is 0.348 e. The van der Waals surface area contributed by atoms with Crippen molar-refractivity contribution in [3.05, 3.63) is 121 Å². The third kappa shape index (κ3) is 4.17. The number of amides is 1. The Morgan fingerprint density at radius 3 is 1.63 bits per heavy atom. The SMILES string of the molecule is O=C(NCC[P+](c1ccccc1)(c1ccccc1)c1ccccc1)c1cccnc1. The fourth-order valence-corrected chi connectivity index (χ4v) is 7.98. The molecular weight excluding hydrogens is 387 g/mol. The van der Waals surface area contributed by atoms with Crippen molar-refractivity contribution in [3.8, 4) is 0 Å². The van der Waals surface area contributed by atoms with Crippen molar-refractivity contribution in [1.82, 2.24) is 10.3 Å². The van der Waals surface area contributed by atoms with Crippen LogP contribution >= 0.6 is 7.26 Å². The summed E-state index contributed by atoms with van der Waals surface area (Å²) in [4.78, 5) is 16.7. The highest BCUT2D eigenvalue weighted by atomic mass is 31.2. The number of nitrogens with zero attached hydrogens (tertiary/aromatic N) is 1. The molecule has 0 aliphatic heterocycles. The first-order valence-electron chi connectivity index (χ1n) is 10.0. The van der Waals surface area contributed by atoms with Crippen molar-refractivity contribution in [2.45, 2.75) is 0 Å². The Kier molecular flexibility index (Phi) is 6.32. The van der Waals surface area contributed by atoms with Gasteiger partial charge in [0.1, 0.15) is 23.2 Å². The number of nitrogens with one attached hydrogen (secondary N) is 1. The molecule has 1 aromatic heterocycles. The normalized spacial score (nSPS) is 11.1. The van der Waals surface area contributed by atoms with Crippen LogP contribution in [0.2, 0.25) is 0 Å². The molecule has 1 amide bonds. The molecule has 30 heavy (non-hydrogen) atoms. The van der Waals surface area contributed by atoms with E-state index in [2.05, 4.69) is 101 Å². The molecule has 0 saturated heterocycles. The summed E-state index contributed by atoms with van der Waals surface area (Å²) in [5.41, 5.74) is 0.584. The zero-order valence-corrected chi connectivity index (χ0v) is 17.6. The van der Waals surface area contributed by atoms with Crippen molar-refractivity contribution in [1.29, 1.82) is 0 Å². The molecule has 3 nitrogen and oxygen atoms in total. The van der Waals surface area contributed by atoms with Gasteiger partial charge in [-0.25, -0.2) is 0 Å². The molecule has 0 saturated carbocycles. The Morgan fingerprint density at radius 2 is 1.20 bits per heavy atom. The predicted molar refractivity (Wildman–Crippen MR) is 127 cm³/mol. The second kappa shape index (κ2) is 9.47. The van der Waals surface area contributed by atoms with Crippen LogP contribution < -0.4 is 21.2 Å². The van der Waals surface area contributed by atoms with Gasteiger partial charge in [0.25, 0.3) is 5.91 Å². The van der Waals surface area contributed by atoms with Crippen LogP contribution in [0.5, 0.6) is 0 Å². The molecule has 148 valence electrons. The maximum absolute atomic E-state index is 12.6. The molecule has 1 heterocycles. The highest BCUT2D eigenvalue weighted by molar-refractivity contribution is 7.95. The molecule has 0 aliphatic carbocycles. The second-order valence-electron chi connectivity index (χ2n) is 7.04. The Labute approximate surface area is 178 Å². The molecule has 4 aromatic rings. The van der Waals surface area contributed by atoms with Crippen molar-refractivity contribution < 1.29 is 4.79 Å². The number of benzene rings is 3. The fourth-order valence-electron chi connectivity index (χ4n) is 3.82. The predicted octanol–water partition coefficient (Wildman–Crippen LogP) is 3.81. The van der Waals surface area contributed by atoms with Gasteiger partial charge in [-0.05, 0) is 48.5 Å². The summed E-state index contributed by atoms with van der Waals surface area (Å²) in [6, 6.07) is 35.7. The average Bonchev–Trinajstić information content (AvgIpc) is 2.84. The third-order valence-electron chi connectivity index (χ3n) is 5.25. The summed E-state index contributed by atoms with van der Waals surface area (Å²) in [5, 5.41) is 7.07. The van der Waals surface area contributed by atoms with Gasteiger partial charge in [0, 0.05) is 12.4 Å². The maximum Gasteiger partial charge on any atom is 0.252 e. The molecule has 0 fully saturated rings. The first-order valence-corrected chi connectivity index (χ1v) is 12.0. The highest BCUT2D eigenvalue weighted by Crippen LogP contribution is 2.54. The van der Waals surface area contributed by atoms with Crippen LogP contribution in [0.1, 0.15) is 10.4 Å². The van der Waals surface area contributed by atoms with E-state index in [-0.39, 0.29) is 5.91 Å². The maximum atomic E-state index is 12.6. The summed E-state index contributed by atoms with van der Waals surface area (Å²) < 4.78 is 0. The number of pyridine rings is 1. The van der Waals surface area contributed by atoms with Gasteiger partial charge in [-0.3, -0.25) is 9.78 Å². The van der Waals surface area contributed by atoms with Crippen LogP contribution in [-0.4, -0.2) is 23.6 Å². The van der Waals surface area contributed by atoms with Crippen LogP contribution in [0.25, 0.3) is 0 Å². The Balaban J connectivity index is 1.72. The van der Waals surface area contributed by atoms with Gasteiger partial charge in [-0.1, -0.05) is 54.6 Å². The van der Waals surface area contributed by atoms with Crippen LogP contribution in [0, 0.1) is 0 Å². The third-order valence-corrected chi connectivity index (χ3v) is 9.68. The number of hydrogen-bond acceptors (Lipinski definition) is 2. The molecular formula is C26H24N2OP+. The lowest BCUT2D eigenvalue weighted by Crippen LogP contribution is -2.37. The molecule has 1 N–H and O–H groups in total. The topological polar surface area (TPSA) is 42.0 Å². The minimum Gasteiger partial charge on any atom is -0.348 e. The number of aromatic nitrogens is 1. The Bertz CT molecular complexity index is 974. The van der Waals surface area contributed by atoms with E-state index in [1.54, 1.807) is 24.5 Å². The summed E-state index contributed by atoms with van der Waals surface area (Å²) in [6.07, 6.45) is 4.12. The first-order chi connectivity index (χ1) is 14.8. The standard InChI is InChI=1S/C26H23N2OP/c29-26(22-11-10-18-27-21-22)28-19-20-30(23-12-4-1-5-13-23,24-14-6-2-7-15-24)25-16-8-3-9-17-25/h1-18,21H,19-20H2/p+1. The van der Waals surface area contributed by atoms with Crippen molar-refractivity contribution >= 4 is 29.1 Å². The molecule has 3 aromatic carbocycles. The number of rotatable bonds is 7. The molecule has 0 unspecified atom stereocenters. The average molecular weight is 411 g/mol. The number of carbonyl (C=O) groups excluding carboxylic acids is 1. The molecule has 0 aliphatic rings. The van der Waals surface area contributed by atoms with Gasteiger partial charge in [0.15, 0.2) is 0 Å². The summed E-state index contributed by atoms with van der Waals surface area (Å²) in [6.45, 7) is 0.584. The van der Waals surface area contributed by atoms with E-state index < -0.39 is 7.26 Å². The van der Waals surface area contributed by atoms with E-state index in [1.807, 2.05) is 0 Å². The monoisotopic (exact) mass is 411 g/mol. The van der Waals surface area contributed by atoms with Crippen molar-refractivity contribution in [2.24, 2.45) is 0 Å². The zero-order chi connectivity index (χ0) is 20.7. The van der Waals surface area contributed by atoms with Gasteiger partial charge in [0.05, 0.1) is 18.3 Å². The van der Waals surface area contributed by atoms with Gasteiger partial charge in [0.2, 0.25) is 0 Å². The van der Waals surface area contributed by atoms with Gasteiger partial charge >= 0.3 is 0 Å². The smallest absolute Gasteiger partial charge is 0.252 e. The Morgan fingerprint density at radius 1 is 0.700 bits per heavy atom. The van der Waals surface area contributed by atoms with E-state index in [0.717, 1.165) is 6.16 Å². The van der Waals surface area contributed by atoms with Gasteiger partial charge in [-0.15, -0.1) is 0 Å². The quantitative estimate of drug-likeness (QED) is 0.470. The van der Waals surface area contributed by atoms with Gasteiger partial charge in [-0.2, -0.15) is 0 Å². The second-order valence-corrected chi connectivity index (χ2v) is 10.7. The minimum absolute atomic E-state index is 0.0876. The van der Waals surface area contributed by atoms with Gasteiger partial charge < -0.3 is 5.32 Å². The lowest BCUT2D eigenvalue weighted by atomic mass is 10.3. The summed E-state index contributed by atoms with van der Waals surface area (Å²) in [5.74, 6) is -0.0876. The molecule has 0 spiro atoms. The van der Waals surface area contributed by atoms with E-state index in [1.165, 1.54) is 15.9 Å². The highest BCUT2D eigenvalue weighted by Gasteiger charge is 2.44. The summed E-state index contributed by atoms with van der Waals surface area (Å²) >= 11 is 0. The van der Waals surface area contributed by atoms with Crippen molar-refractivity contribution in [2.75, 3.05) is 12.7 Å². The lowest BCUT2D eigenvalue weighted by molar-refractivity contribution is 0.0955. The first kappa shape index (κ1) is 20.0. The fraction of sp³-hybridized carbons (Fsp3) is 0.0769. The number of hydrogen-bond donors (Lipinski definition) is 1. The van der Waals surface area contributed by atoms with Crippen LogP contribution in [0.4, 0.5) is 0 Å². The zero-order valence-electron chi connectivity index (χ0n) is 16.7.